The molecule has 0 atom stereocenters. The van der Waals surface area contributed by atoms with Crippen LogP contribution < -0.4 is 15.5 Å². The summed E-state index contributed by atoms with van der Waals surface area (Å²) in [6, 6.07) is 3.23. The van der Waals surface area contributed by atoms with Crippen molar-refractivity contribution in [1.29, 1.82) is 0 Å². The maximum Gasteiger partial charge on any atom is 0.160 e. The molecule has 0 aliphatic heterocycles. The molecule has 2 rings (SSSR count). The zero-order chi connectivity index (χ0) is 16.7. The molecule has 0 spiro atoms. The van der Waals surface area contributed by atoms with Gasteiger partial charge >= 0.3 is 0 Å². The molecule has 130 valence electrons. The summed E-state index contributed by atoms with van der Waals surface area (Å²) in [4.78, 5) is 0. The number of nitrogens with one attached hydrogen (secondary N) is 2. The van der Waals surface area contributed by atoms with Crippen molar-refractivity contribution in [3.8, 4) is 11.5 Å². The molecule has 0 radical (unpaired) electrons. The number of hydrogen-bond acceptors (Lipinski definition) is 5. The average Bonchev–Trinajstić information content (AvgIpc) is 2.57. The Morgan fingerprint density at radius 3 is 2.48 bits per heavy atom. The first-order valence-electron chi connectivity index (χ1n) is 8.68. The zero-order valence-corrected chi connectivity index (χ0v) is 14.3. The van der Waals surface area contributed by atoms with Crippen molar-refractivity contribution in [1.82, 2.24) is 5.32 Å². The van der Waals surface area contributed by atoms with E-state index in [4.69, 9.17) is 4.74 Å². The van der Waals surface area contributed by atoms with Crippen molar-refractivity contribution < 1.29 is 15.1 Å². The predicted octanol–water partition coefficient (Wildman–Crippen LogP) is 3.90. The van der Waals surface area contributed by atoms with Crippen LogP contribution in [0.15, 0.2) is 12.1 Å². The Bertz CT molecular complexity index is 485. The van der Waals surface area contributed by atoms with Crippen LogP contribution in [-0.4, -0.2) is 24.0 Å². The summed E-state index contributed by atoms with van der Waals surface area (Å²) < 4.78 is 5.13. The van der Waals surface area contributed by atoms with Crippen LogP contribution in [-0.2, 0) is 6.54 Å². The van der Waals surface area contributed by atoms with Gasteiger partial charge in [0.05, 0.1) is 12.8 Å². The van der Waals surface area contributed by atoms with Crippen LogP contribution in [0.5, 0.6) is 11.5 Å². The third-order valence-electron chi connectivity index (χ3n) is 4.94. The lowest BCUT2D eigenvalue weighted by Crippen LogP contribution is -2.26. The molecule has 0 saturated heterocycles. The second-order valence-electron chi connectivity index (χ2n) is 6.60. The zero-order valence-electron chi connectivity index (χ0n) is 14.3. The molecule has 1 aliphatic carbocycles. The Hall–Kier alpha value is -1.46. The van der Waals surface area contributed by atoms with Crippen molar-refractivity contribution in [2.24, 2.45) is 11.8 Å². The van der Waals surface area contributed by atoms with Gasteiger partial charge in [0, 0.05) is 12.6 Å². The van der Waals surface area contributed by atoms with E-state index in [-0.39, 0.29) is 5.75 Å². The van der Waals surface area contributed by atoms with E-state index in [1.54, 1.807) is 6.07 Å². The van der Waals surface area contributed by atoms with Gasteiger partial charge in [-0.05, 0) is 42.9 Å². The van der Waals surface area contributed by atoms with Crippen LogP contribution in [0.1, 0.15) is 51.0 Å². The van der Waals surface area contributed by atoms with Gasteiger partial charge in [-0.3, -0.25) is 10.7 Å². The van der Waals surface area contributed by atoms with E-state index in [0.29, 0.717) is 18.0 Å². The summed E-state index contributed by atoms with van der Waals surface area (Å²) in [5, 5.41) is 22.4. The van der Waals surface area contributed by atoms with Crippen LogP contribution in [0.3, 0.4) is 0 Å². The number of rotatable bonds is 8. The summed E-state index contributed by atoms with van der Waals surface area (Å²) in [5.74, 6) is 2.11. The van der Waals surface area contributed by atoms with E-state index in [1.807, 2.05) is 0 Å². The molecule has 5 heteroatoms. The van der Waals surface area contributed by atoms with E-state index in [2.05, 4.69) is 17.7 Å². The van der Waals surface area contributed by atoms with Gasteiger partial charge in [-0.25, -0.2) is 0 Å². The summed E-state index contributed by atoms with van der Waals surface area (Å²) in [6.07, 6.45) is 8.00. The number of phenols is 1. The largest absolute Gasteiger partial charge is 0.504 e. The quantitative estimate of drug-likeness (QED) is 0.546. The third kappa shape index (κ3) is 5.01. The monoisotopic (exact) mass is 322 g/mol. The van der Waals surface area contributed by atoms with Gasteiger partial charge < -0.3 is 15.2 Å². The number of benzene rings is 1. The Balaban J connectivity index is 1.82. The summed E-state index contributed by atoms with van der Waals surface area (Å²) >= 11 is 0. The molecule has 1 aromatic carbocycles. The number of hydrogen-bond donors (Lipinski definition) is 4. The first-order chi connectivity index (χ1) is 11.2. The Kier molecular flexibility index (Phi) is 6.99. The summed E-state index contributed by atoms with van der Waals surface area (Å²) in [5.41, 5.74) is 3.52. The Morgan fingerprint density at radius 1 is 1.17 bits per heavy atom. The highest BCUT2D eigenvalue weighted by atomic mass is 16.5. The molecule has 0 bridgehead atoms. The van der Waals surface area contributed by atoms with E-state index >= 15 is 0 Å². The fourth-order valence-electron chi connectivity index (χ4n) is 3.57. The third-order valence-corrected chi connectivity index (χ3v) is 4.94. The van der Waals surface area contributed by atoms with Crippen LogP contribution in [0.4, 0.5) is 5.69 Å². The topological polar surface area (TPSA) is 73.8 Å². The fourth-order valence-corrected chi connectivity index (χ4v) is 3.57. The van der Waals surface area contributed by atoms with Gasteiger partial charge in [0.25, 0.3) is 0 Å². The van der Waals surface area contributed by atoms with E-state index in [9.17, 15) is 10.3 Å². The molecule has 23 heavy (non-hydrogen) atoms. The van der Waals surface area contributed by atoms with Gasteiger partial charge in [-0.2, -0.15) is 0 Å². The van der Waals surface area contributed by atoms with Gasteiger partial charge in [-0.1, -0.05) is 32.6 Å². The van der Waals surface area contributed by atoms with Crippen molar-refractivity contribution in [3.05, 3.63) is 17.7 Å². The predicted molar refractivity (Wildman–Crippen MR) is 92.1 cm³/mol. The standard InChI is InChI=1S/C18H30N2O3/c1-3-4-13-5-7-14(8-6-13)11-19-12-15-9-18(23-2)17(21)10-16(15)20-22/h9-10,13-14,19-22H,3-8,11-12H2,1-2H3. The number of ether oxygens (including phenoxy) is 1. The highest BCUT2D eigenvalue weighted by Gasteiger charge is 2.20. The lowest BCUT2D eigenvalue weighted by Gasteiger charge is -2.28. The SMILES string of the molecule is CCCC1CCC(CNCc2cc(OC)c(O)cc2NO)CC1. The summed E-state index contributed by atoms with van der Waals surface area (Å²) in [6.45, 7) is 3.90. The molecule has 0 heterocycles. The second-order valence-corrected chi connectivity index (χ2v) is 6.60. The molecule has 4 N–H and O–H groups in total. The molecular weight excluding hydrogens is 292 g/mol. The molecule has 5 nitrogen and oxygen atoms in total. The highest BCUT2D eigenvalue weighted by molar-refractivity contribution is 5.59. The maximum absolute atomic E-state index is 9.75. The van der Waals surface area contributed by atoms with E-state index in [0.717, 1.165) is 23.9 Å². The van der Waals surface area contributed by atoms with Crippen LogP contribution >= 0.6 is 0 Å². The molecule has 1 fully saturated rings. The molecule has 0 amide bonds. The van der Waals surface area contributed by atoms with Gasteiger partial charge in [0.1, 0.15) is 0 Å². The van der Waals surface area contributed by atoms with Crippen LogP contribution in [0.2, 0.25) is 0 Å². The van der Waals surface area contributed by atoms with Crippen LogP contribution in [0.25, 0.3) is 0 Å². The highest BCUT2D eigenvalue weighted by Crippen LogP contribution is 2.33. The second kappa shape index (κ2) is 8.99. The number of aromatic hydroxyl groups is 1. The van der Waals surface area contributed by atoms with Crippen LogP contribution in [0, 0.1) is 11.8 Å². The molecule has 1 aromatic rings. The fraction of sp³-hybridized carbons (Fsp3) is 0.667. The summed E-state index contributed by atoms with van der Waals surface area (Å²) in [7, 11) is 1.52. The van der Waals surface area contributed by atoms with Crippen molar-refractivity contribution in [2.75, 3.05) is 19.1 Å². The lowest BCUT2D eigenvalue weighted by atomic mass is 9.80. The first-order valence-corrected chi connectivity index (χ1v) is 8.68. The Morgan fingerprint density at radius 2 is 1.87 bits per heavy atom. The van der Waals surface area contributed by atoms with Crippen molar-refractivity contribution in [2.45, 2.75) is 52.0 Å². The normalized spacial score (nSPS) is 21.2. The minimum absolute atomic E-state index is 0.0158. The average molecular weight is 322 g/mol. The molecular formula is C18H30N2O3. The Labute approximate surface area is 139 Å². The maximum atomic E-state index is 9.75. The first kappa shape index (κ1) is 17.9. The number of phenolic OH excluding ortho intramolecular Hbond substituents is 1. The van der Waals surface area contributed by atoms with Crippen molar-refractivity contribution in [3.63, 3.8) is 0 Å². The van der Waals surface area contributed by atoms with E-state index < -0.39 is 0 Å². The van der Waals surface area contributed by atoms with Crippen molar-refractivity contribution >= 4 is 5.69 Å². The lowest BCUT2D eigenvalue weighted by molar-refractivity contribution is 0.256. The minimum atomic E-state index is 0.0158. The number of methoxy groups -OCH3 is 1. The smallest absolute Gasteiger partial charge is 0.160 e. The minimum Gasteiger partial charge on any atom is -0.504 e. The van der Waals surface area contributed by atoms with E-state index in [1.165, 1.54) is 51.7 Å². The van der Waals surface area contributed by atoms with Gasteiger partial charge in [0.15, 0.2) is 11.5 Å². The molecule has 1 aliphatic rings. The molecule has 1 saturated carbocycles. The molecule has 0 unspecified atom stereocenters. The van der Waals surface area contributed by atoms with Gasteiger partial charge in [-0.15, -0.1) is 0 Å². The number of anilines is 1. The molecule has 0 aromatic heterocycles. The van der Waals surface area contributed by atoms with Gasteiger partial charge in [0.2, 0.25) is 0 Å².